The van der Waals surface area contributed by atoms with Crippen molar-refractivity contribution in [2.45, 2.75) is 13.8 Å². The van der Waals surface area contributed by atoms with Gasteiger partial charge in [0.25, 0.3) is 0 Å². The summed E-state index contributed by atoms with van der Waals surface area (Å²) < 4.78 is 0. The molecular formula is C15H22N6. The van der Waals surface area contributed by atoms with Crippen LogP contribution in [0.25, 0.3) is 11.0 Å². The first-order valence-electron chi connectivity index (χ1n) is 7.20. The molecule has 6 heteroatoms. The number of anilines is 1. The molecule has 0 unspecified atom stereocenters. The van der Waals surface area contributed by atoms with Crippen molar-refractivity contribution in [3.8, 4) is 0 Å². The molecule has 6 nitrogen and oxygen atoms in total. The highest BCUT2D eigenvalue weighted by Gasteiger charge is 2.09. The van der Waals surface area contributed by atoms with Crippen molar-refractivity contribution in [1.82, 2.24) is 14.9 Å². The summed E-state index contributed by atoms with van der Waals surface area (Å²) in [4.78, 5) is 15.4. The normalized spacial score (nSPS) is 12.2. The maximum Gasteiger partial charge on any atom is 0.153 e. The number of hydrogen-bond donors (Lipinski definition) is 2. The molecule has 0 saturated carbocycles. The van der Waals surface area contributed by atoms with Crippen molar-refractivity contribution < 1.29 is 0 Å². The Hall–Kier alpha value is -2.21. The van der Waals surface area contributed by atoms with E-state index < -0.39 is 0 Å². The number of likely N-dealkylation sites (N-methyl/N-ethyl adjacent to an activating group) is 1. The molecule has 0 radical (unpaired) electrons. The number of nitrogens with two attached hydrogens (primary N) is 2. The first-order valence-corrected chi connectivity index (χ1v) is 7.20. The number of nitrogen functional groups attached to an aromatic ring is 1. The van der Waals surface area contributed by atoms with Gasteiger partial charge < -0.3 is 16.4 Å². The van der Waals surface area contributed by atoms with Crippen LogP contribution in [0.5, 0.6) is 0 Å². The van der Waals surface area contributed by atoms with Crippen molar-refractivity contribution in [2.75, 3.05) is 31.9 Å². The predicted molar refractivity (Wildman–Crippen MR) is 87.3 cm³/mol. The highest BCUT2D eigenvalue weighted by molar-refractivity contribution is 6.01. The van der Waals surface area contributed by atoms with E-state index in [1.54, 1.807) is 0 Å². The second-order valence-corrected chi connectivity index (χ2v) is 4.74. The Morgan fingerprint density at radius 3 is 2.38 bits per heavy atom. The molecule has 2 aromatic rings. The highest BCUT2D eigenvalue weighted by Crippen LogP contribution is 2.13. The van der Waals surface area contributed by atoms with Crippen molar-refractivity contribution in [3.63, 3.8) is 0 Å². The van der Waals surface area contributed by atoms with Crippen LogP contribution in [0.4, 0.5) is 5.82 Å². The molecule has 0 spiro atoms. The SMILES string of the molecule is CCN(CC)CCN=C(N)c1nc2ccccc2nc1N. The molecule has 0 fully saturated rings. The molecule has 0 saturated heterocycles. The van der Waals surface area contributed by atoms with E-state index in [1.807, 2.05) is 24.3 Å². The Kier molecular flexibility index (Phi) is 5.05. The second kappa shape index (κ2) is 6.99. The van der Waals surface area contributed by atoms with Crippen molar-refractivity contribution in [2.24, 2.45) is 10.7 Å². The third kappa shape index (κ3) is 3.66. The number of fused-ring (bicyclic) bond motifs is 1. The zero-order chi connectivity index (χ0) is 15.2. The fraction of sp³-hybridized carbons (Fsp3) is 0.400. The Labute approximate surface area is 124 Å². The summed E-state index contributed by atoms with van der Waals surface area (Å²) in [6.45, 7) is 7.76. The molecule has 1 heterocycles. The average Bonchev–Trinajstić information content (AvgIpc) is 2.50. The van der Waals surface area contributed by atoms with Gasteiger partial charge in [-0.15, -0.1) is 0 Å². The van der Waals surface area contributed by atoms with Gasteiger partial charge in [0.2, 0.25) is 0 Å². The van der Waals surface area contributed by atoms with Gasteiger partial charge in [-0.3, -0.25) is 4.99 Å². The number of nitrogens with zero attached hydrogens (tertiary/aromatic N) is 4. The number of rotatable bonds is 6. The minimum atomic E-state index is 0.317. The van der Waals surface area contributed by atoms with E-state index in [9.17, 15) is 0 Å². The summed E-state index contributed by atoms with van der Waals surface area (Å²) in [5.74, 6) is 0.663. The molecule has 21 heavy (non-hydrogen) atoms. The third-order valence-corrected chi connectivity index (χ3v) is 3.43. The first-order chi connectivity index (χ1) is 10.2. The standard InChI is InChI=1S/C15H22N6/c1-3-21(4-2)10-9-18-14(16)13-15(17)20-12-8-6-5-7-11(12)19-13/h5-8H,3-4,9-10H2,1-2H3,(H2,16,18)(H2,17,20). The van der Waals surface area contributed by atoms with Crippen LogP contribution < -0.4 is 11.5 Å². The van der Waals surface area contributed by atoms with Crippen LogP contribution in [0.2, 0.25) is 0 Å². The maximum atomic E-state index is 6.00. The minimum absolute atomic E-state index is 0.317. The highest BCUT2D eigenvalue weighted by atomic mass is 15.1. The zero-order valence-corrected chi connectivity index (χ0v) is 12.6. The predicted octanol–water partition coefficient (Wildman–Crippen LogP) is 1.26. The van der Waals surface area contributed by atoms with Gasteiger partial charge in [-0.05, 0) is 25.2 Å². The molecule has 0 aliphatic rings. The molecule has 0 aliphatic carbocycles. The fourth-order valence-electron chi connectivity index (χ4n) is 2.13. The van der Waals surface area contributed by atoms with Crippen LogP contribution in [0.3, 0.4) is 0 Å². The number of para-hydroxylation sites is 2. The molecule has 0 bridgehead atoms. The van der Waals surface area contributed by atoms with Gasteiger partial charge in [0.05, 0.1) is 17.6 Å². The van der Waals surface area contributed by atoms with Crippen LogP contribution in [-0.4, -0.2) is 46.9 Å². The molecule has 2 rings (SSSR count). The van der Waals surface area contributed by atoms with Crippen molar-refractivity contribution in [1.29, 1.82) is 0 Å². The third-order valence-electron chi connectivity index (χ3n) is 3.43. The monoisotopic (exact) mass is 286 g/mol. The Bertz CT molecular complexity index is 633. The molecule has 0 aliphatic heterocycles. The summed E-state index contributed by atoms with van der Waals surface area (Å²) in [6.07, 6.45) is 0. The Morgan fingerprint density at radius 1 is 1.14 bits per heavy atom. The second-order valence-electron chi connectivity index (χ2n) is 4.74. The van der Waals surface area contributed by atoms with Crippen LogP contribution in [0, 0.1) is 0 Å². The van der Waals surface area contributed by atoms with Crippen molar-refractivity contribution >= 4 is 22.7 Å². The lowest BCUT2D eigenvalue weighted by Gasteiger charge is -2.16. The van der Waals surface area contributed by atoms with Gasteiger partial charge in [0.1, 0.15) is 11.5 Å². The van der Waals surface area contributed by atoms with E-state index in [4.69, 9.17) is 11.5 Å². The molecule has 1 aromatic carbocycles. The minimum Gasteiger partial charge on any atom is -0.382 e. The van der Waals surface area contributed by atoms with Gasteiger partial charge in [-0.1, -0.05) is 26.0 Å². The first kappa shape index (κ1) is 15.2. The smallest absolute Gasteiger partial charge is 0.153 e. The largest absolute Gasteiger partial charge is 0.382 e. The topological polar surface area (TPSA) is 93.4 Å². The van der Waals surface area contributed by atoms with E-state index in [0.717, 1.165) is 30.7 Å². The van der Waals surface area contributed by atoms with E-state index in [-0.39, 0.29) is 0 Å². The van der Waals surface area contributed by atoms with Crippen LogP contribution in [0.1, 0.15) is 19.5 Å². The average molecular weight is 286 g/mol. The van der Waals surface area contributed by atoms with Crippen LogP contribution in [-0.2, 0) is 0 Å². The van der Waals surface area contributed by atoms with Gasteiger partial charge in [0, 0.05) is 6.54 Å². The molecule has 0 amide bonds. The quantitative estimate of drug-likeness (QED) is 0.616. The number of aliphatic imine (C=N–C) groups is 1. The number of hydrogen-bond acceptors (Lipinski definition) is 5. The van der Waals surface area contributed by atoms with Gasteiger partial charge >= 0.3 is 0 Å². The summed E-state index contributed by atoms with van der Waals surface area (Å²) in [6, 6.07) is 7.56. The summed E-state index contributed by atoms with van der Waals surface area (Å²) in [5.41, 5.74) is 13.9. The number of aromatic nitrogens is 2. The molecule has 0 atom stereocenters. The Balaban J connectivity index is 2.18. The molecule has 4 N–H and O–H groups in total. The van der Waals surface area contributed by atoms with E-state index in [1.165, 1.54) is 0 Å². The number of benzene rings is 1. The van der Waals surface area contributed by atoms with Gasteiger partial charge in [-0.2, -0.15) is 0 Å². The number of amidine groups is 1. The lowest BCUT2D eigenvalue weighted by molar-refractivity contribution is 0.313. The zero-order valence-electron chi connectivity index (χ0n) is 12.6. The van der Waals surface area contributed by atoms with Gasteiger partial charge in [0.15, 0.2) is 5.82 Å². The van der Waals surface area contributed by atoms with E-state index >= 15 is 0 Å². The van der Waals surface area contributed by atoms with E-state index in [0.29, 0.717) is 23.9 Å². The summed E-state index contributed by atoms with van der Waals surface area (Å²) >= 11 is 0. The molecule has 112 valence electrons. The summed E-state index contributed by atoms with van der Waals surface area (Å²) in [5, 5.41) is 0. The van der Waals surface area contributed by atoms with Crippen LogP contribution in [0.15, 0.2) is 29.3 Å². The van der Waals surface area contributed by atoms with Crippen molar-refractivity contribution in [3.05, 3.63) is 30.0 Å². The molecular weight excluding hydrogens is 264 g/mol. The Morgan fingerprint density at radius 2 is 1.76 bits per heavy atom. The van der Waals surface area contributed by atoms with Crippen LogP contribution >= 0.6 is 0 Å². The molecule has 1 aromatic heterocycles. The fourth-order valence-corrected chi connectivity index (χ4v) is 2.13. The lowest BCUT2D eigenvalue weighted by Crippen LogP contribution is -2.27. The lowest BCUT2D eigenvalue weighted by atomic mass is 10.2. The summed E-state index contributed by atoms with van der Waals surface area (Å²) in [7, 11) is 0. The maximum absolute atomic E-state index is 6.00. The van der Waals surface area contributed by atoms with Gasteiger partial charge in [-0.25, -0.2) is 9.97 Å². The van der Waals surface area contributed by atoms with E-state index in [2.05, 4.69) is 33.7 Å².